The number of likely N-dealkylation sites (tertiary alicyclic amines) is 1. The molecule has 1 aromatic heterocycles. The Kier molecular flexibility index (Phi) is 6.19. The molecule has 0 spiro atoms. The first-order valence-electron chi connectivity index (χ1n) is 8.85. The molecule has 2 heterocycles. The largest absolute Gasteiger partial charge is 0.335 e. The van der Waals surface area contributed by atoms with Gasteiger partial charge in [-0.2, -0.15) is 0 Å². The van der Waals surface area contributed by atoms with E-state index >= 15 is 0 Å². The number of pyridine rings is 1. The van der Waals surface area contributed by atoms with E-state index in [0.717, 1.165) is 5.56 Å². The highest BCUT2D eigenvalue weighted by molar-refractivity contribution is 5.89. The van der Waals surface area contributed by atoms with Crippen LogP contribution in [0.25, 0.3) is 0 Å². The number of piperidine rings is 1. The number of carbonyl (C=O) groups excluding carboxylic acids is 2. The molecule has 3 N–H and O–H groups in total. The summed E-state index contributed by atoms with van der Waals surface area (Å²) >= 11 is 0. The van der Waals surface area contributed by atoms with E-state index in [9.17, 15) is 14.0 Å². The van der Waals surface area contributed by atoms with Crippen molar-refractivity contribution in [3.63, 3.8) is 0 Å². The van der Waals surface area contributed by atoms with E-state index in [1.807, 2.05) is 12.1 Å². The van der Waals surface area contributed by atoms with Crippen LogP contribution in [0, 0.1) is 5.82 Å². The highest BCUT2D eigenvalue weighted by atomic mass is 19.1. The Labute approximate surface area is 157 Å². The van der Waals surface area contributed by atoms with Crippen LogP contribution >= 0.6 is 0 Å². The molecule has 8 heteroatoms. The van der Waals surface area contributed by atoms with Gasteiger partial charge in [-0.15, -0.1) is 0 Å². The number of benzene rings is 1. The van der Waals surface area contributed by atoms with Gasteiger partial charge < -0.3 is 20.9 Å². The van der Waals surface area contributed by atoms with Crippen molar-refractivity contribution >= 4 is 17.7 Å². The molecule has 1 saturated heterocycles. The molecule has 0 bridgehead atoms. The zero-order valence-electron chi connectivity index (χ0n) is 14.8. The molecule has 4 amide bonds. The maximum atomic E-state index is 12.9. The van der Waals surface area contributed by atoms with Crippen LogP contribution in [0.1, 0.15) is 18.4 Å². The van der Waals surface area contributed by atoms with E-state index in [1.54, 1.807) is 17.3 Å². The molecule has 1 aliphatic heterocycles. The van der Waals surface area contributed by atoms with Crippen molar-refractivity contribution in [2.45, 2.75) is 25.4 Å². The Bertz CT molecular complexity index is 761. The van der Waals surface area contributed by atoms with Crippen molar-refractivity contribution in [3.05, 3.63) is 60.2 Å². The Balaban J connectivity index is 1.38. The summed E-state index contributed by atoms with van der Waals surface area (Å²) < 4.78 is 12.9. The van der Waals surface area contributed by atoms with Crippen LogP contribution < -0.4 is 16.0 Å². The second-order valence-corrected chi connectivity index (χ2v) is 6.38. The summed E-state index contributed by atoms with van der Waals surface area (Å²) in [4.78, 5) is 30.0. The lowest BCUT2D eigenvalue weighted by atomic mass is 10.1. The van der Waals surface area contributed by atoms with Gasteiger partial charge in [0.05, 0.1) is 0 Å². The monoisotopic (exact) mass is 371 g/mol. The minimum Gasteiger partial charge on any atom is -0.335 e. The summed E-state index contributed by atoms with van der Waals surface area (Å²) in [6, 6.07) is 8.86. The third kappa shape index (κ3) is 5.67. The van der Waals surface area contributed by atoms with E-state index in [0.29, 0.717) is 38.2 Å². The number of aromatic nitrogens is 1. The molecule has 1 aliphatic rings. The van der Waals surface area contributed by atoms with E-state index in [2.05, 4.69) is 20.9 Å². The normalized spacial score (nSPS) is 14.5. The molecule has 142 valence electrons. The Hall–Kier alpha value is -3.16. The molecule has 3 rings (SSSR count). The van der Waals surface area contributed by atoms with E-state index in [4.69, 9.17) is 0 Å². The molecule has 0 unspecified atom stereocenters. The molecule has 0 atom stereocenters. The standard InChI is InChI=1S/C19H22FN5O2/c20-15-1-3-16(4-2-15)23-18(26)24-17-7-11-25(12-8-17)19(27)22-13-14-5-9-21-10-6-14/h1-6,9-10,17H,7-8,11-13H2,(H,22,27)(H2,23,24,26). The smallest absolute Gasteiger partial charge is 0.319 e. The number of hydrogen-bond acceptors (Lipinski definition) is 3. The number of nitrogens with one attached hydrogen (secondary N) is 3. The zero-order valence-corrected chi connectivity index (χ0v) is 14.8. The van der Waals surface area contributed by atoms with Gasteiger partial charge >= 0.3 is 12.1 Å². The van der Waals surface area contributed by atoms with Crippen LogP contribution in [-0.4, -0.2) is 41.1 Å². The maximum Gasteiger partial charge on any atom is 0.319 e. The Morgan fingerprint density at radius 1 is 1.07 bits per heavy atom. The maximum absolute atomic E-state index is 12.9. The van der Waals surface area contributed by atoms with Crippen LogP contribution in [0.4, 0.5) is 19.7 Å². The molecule has 2 aromatic rings. The highest BCUT2D eigenvalue weighted by Gasteiger charge is 2.23. The fraction of sp³-hybridized carbons (Fsp3) is 0.316. The molecule has 1 fully saturated rings. The van der Waals surface area contributed by atoms with Crippen molar-refractivity contribution in [2.75, 3.05) is 18.4 Å². The second kappa shape index (κ2) is 8.98. The topological polar surface area (TPSA) is 86.4 Å². The molecular weight excluding hydrogens is 349 g/mol. The third-order valence-electron chi connectivity index (χ3n) is 4.41. The van der Waals surface area contributed by atoms with Gasteiger partial charge in [0.2, 0.25) is 0 Å². The summed E-state index contributed by atoms with van der Waals surface area (Å²) in [7, 11) is 0. The molecule has 1 aromatic carbocycles. The zero-order chi connectivity index (χ0) is 19.1. The van der Waals surface area contributed by atoms with Gasteiger partial charge in [-0.1, -0.05) is 0 Å². The van der Waals surface area contributed by atoms with Crippen molar-refractivity contribution in [1.82, 2.24) is 20.5 Å². The minimum atomic E-state index is -0.351. The van der Waals surface area contributed by atoms with Crippen molar-refractivity contribution < 1.29 is 14.0 Å². The predicted octanol–water partition coefficient (Wildman–Crippen LogP) is 2.72. The van der Waals surface area contributed by atoms with Crippen LogP contribution in [-0.2, 0) is 6.54 Å². The van der Waals surface area contributed by atoms with Gasteiger partial charge in [-0.05, 0) is 54.8 Å². The van der Waals surface area contributed by atoms with Gasteiger partial charge in [0, 0.05) is 43.8 Å². The molecule has 27 heavy (non-hydrogen) atoms. The van der Waals surface area contributed by atoms with Crippen molar-refractivity contribution in [3.8, 4) is 0 Å². The first-order valence-corrected chi connectivity index (χ1v) is 8.85. The van der Waals surface area contributed by atoms with Gasteiger partial charge in [0.15, 0.2) is 0 Å². The van der Waals surface area contributed by atoms with Crippen LogP contribution in [0.3, 0.4) is 0 Å². The van der Waals surface area contributed by atoms with Gasteiger partial charge in [0.1, 0.15) is 5.82 Å². The van der Waals surface area contributed by atoms with Crippen molar-refractivity contribution in [1.29, 1.82) is 0 Å². The Morgan fingerprint density at radius 2 is 1.74 bits per heavy atom. The average Bonchev–Trinajstić information content (AvgIpc) is 2.69. The lowest BCUT2D eigenvalue weighted by Crippen LogP contribution is -2.50. The summed E-state index contributed by atoms with van der Waals surface area (Å²) in [5.41, 5.74) is 1.52. The molecule has 0 aliphatic carbocycles. The first kappa shape index (κ1) is 18.6. The number of hydrogen-bond donors (Lipinski definition) is 3. The molecule has 0 radical (unpaired) electrons. The highest BCUT2D eigenvalue weighted by Crippen LogP contribution is 2.12. The number of carbonyl (C=O) groups is 2. The first-order chi connectivity index (χ1) is 13.1. The van der Waals surface area contributed by atoms with Crippen LogP contribution in [0.15, 0.2) is 48.8 Å². The summed E-state index contributed by atoms with van der Waals surface area (Å²) in [5, 5.41) is 8.45. The molecule has 0 saturated carbocycles. The minimum absolute atomic E-state index is 0.00491. The SMILES string of the molecule is O=C(Nc1ccc(F)cc1)NC1CCN(C(=O)NCc2ccncc2)CC1. The summed E-state index contributed by atoms with van der Waals surface area (Å²) in [5.74, 6) is -0.351. The fourth-order valence-corrected chi connectivity index (χ4v) is 2.90. The van der Waals surface area contributed by atoms with Gasteiger partial charge in [-0.25, -0.2) is 14.0 Å². The molecular formula is C19H22FN5O2. The number of halogens is 1. The third-order valence-corrected chi connectivity index (χ3v) is 4.41. The molecule has 7 nitrogen and oxygen atoms in total. The van der Waals surface area contributed by atoms with Crippen LogP contribution in [0.2, 0.25) is 0 Å². The van der Waals surface area contributed by atoms with E-state index < -0.39 is 0 Å². The lowest BCUT2D eigenvalue weighted by molar-refractivity contribution is 0.176. The van der Waals surface area contributed by atoms with Gasteiger partial charge in [0.25, 0.3) is 0 Å². The second-order valence-electron chi connectivity index (χ2n) is 6.38. The Morgan fingerprint density at radius 3 is 2.41 bits per heavy atom. The number of anilines is 1. The van der Waals surface area contributed by atoms with Crippen molar-refractivity contribution in [2.24, 2.45) is 0 Å². The van der Waals surface area contributed by atoms with E-state index in [-0.39, 0.29) is 23.9 Å². The summed E-state index contributed by atoms with van der Waals surface area (Å²) in [6.07, 6.45) is 4.74. The number of urea groups is 2. The quantitative estimate of drug-likeness (QED) is 0.772. The van der Waals surface area contributed by atoms with Crippen LogP contribution in [0.5, 0.6) is 0 Å². The van der Waals surface area contributed by atoms with E-state index in [1.165, 1.54) is 24.3 Å². The number of amides is 4. The summed E-state index contributed by atoms with van der Waals surface area (Å²) in [6.45, 7) is 1.60. The fourth-order valence-electron chi connectivity index (χ4n) is 2.90. The number of rotatable bonds is 4. The number of nitrogens with zero attached hydrogens (tertiary/aromatic N) is 2. The van der Waals surface area contributed by atoms with Gasteiger partial charge in [-0.3, -0.25) is 4.98 Å². The predicted molar refractivity (Wildman–Crippen MR) is 99.6 cm³/mol. The lowest BCUT2D eigenvalue weighted by Gasteiger charge is -2.32. The average molecular weight is 371 g/mol.